The standard InChI is InChI=1S/C19H31N3/c1-15(19(2,3)4)16-7-8-18(20-13-16)22-12-9-17(14-22)21-10-5-6-11-21/h7-8,13,15,17H,5-6,9-12,14H2,1-4H3/t15-,17+/m1/s1. The third-order valence-corrected chi connectivity index (χ3v) is 5.71. The molecule has 0 N–H and O–H groups in total. The van der Waals surface area contributed by atoms with Gasteiger partial charge in [0, 0.05) is 25.3 Å². The molecule has 0 aliphatic carbocycles. The van der Waals surface area contributed by atoms with Gasteiger partial charge in [-0.25, -0.2) is 4.98 Å². The van der Waals surface area contributed by atoms with E-state index < -0.39 is 0 Å². The van der Waals surface area contributed by atoms with Gasteiger partial charge in [0.25, 0.3) is 0 Å². The molecule has 0 amide bonds. The van der Waals surface area contributed by atoms with Crippen LogP contribution in [0.25, 0.3) is 0 Å². The highest BCUT2D eigenvalue weighted by Gasteiger charge is 2.30. The van der Waals surface area contributed by atoms with Crippen molar-refractivity contribution < 1.29 is 0 Å². The second-order valence-corrected chi connectivity index (χ2v) is 8.17. The molecule has 0 aromatic carbocycles. The number of hydrogen-bond acceptors (Lipinski definition) is 3. The van der Waals surface area contributed by atoms with Gasteiger partial charge < -0.3 is 4.90 Å². The van der Waals surface area contributed by atoms with Crippen LogP contribution in [0.3, 0.4) is 0 Å². The van der Waals surface area contributed by atoms with Crippen molar-refractivity contribution in [3.05, 3.63) is 23.9 Å². The molecule has 3 heteroatoms. The first kappa shape index (κ1) is 15.8. The summed E-state index contributed by atoms with van der Waals surface area (Å²) in [5, 5.41) is 0. The van der Waals surface area contributed by atoms with Gasteiger partial charge in [-0.3, -0.25) is 4.90 Å². The fraction of sp³-hybridized carbons (Fsp3) is 0.737. The Balaban J connectivity index is 1.64. The van der Waals surface area contributed by atoms with Crippen molar-refractivity contribution in [2.24, 2.45) is 5.41 Å². The van der Waals surface area contributed by atoms with Gasteiger partial charge in [-0.15, -0.1) is 0 Å². The van der Waals surface area contributed by atoms with Crippen LogP contribution in [0.4, 0.5) is 5.82 Å². The quantitative estimate of drug-likeness (QED) is 0.844. The Labute approximate surface area is 135 Å². The van der Waals surface area contributed by atoms with E-state index in [2.05, 4.69) is 55.8 Å². The van der Waals surface area contributed by atoms with Crippen LogP contribution in [-0.4, -0.2) is 42.1 Å². The number of anilines is 1. The predicted octanol–water partition coefficient (Wildman–Crippen LogP) is 3.91. The van der Waals surface area contributed by atoms with E-state index in [1.54, 1.807) is 0 Å². The molecule has 2 fully saturated rings. The maximum absolute atomic E-state index is 4.76. The molecule has 1 aromatic rings. The van der Waals surface area contributed by atoms with Gasteiger partial charge in [0.15, 0.2) is 0 Å². The maximum Gasteiger partial charge on any atom is 0.128 e. The number of aromatic nitrogens is 1. The molecule has 2 saturated heterocycles. The van der Waals surface area contributed by atoms with Crippen molar-refractivity contribution in [1.29, 1.82) is 0 Å². The number of hydrogen-bond donors (Lipinski definition) is 0. The Bertz CT molecular complexity index is 482. The van der Waals surface area contributed by atoms with Crippen molar-refractivity contribution in [2.75, 3.05) is 31.1 Å². The molecule has 2 aliphatic heterocycles. The molecular weight excluding hydrogens is 270 g/mol. The molecule has 0 saturated carbocycles. The third kappa shape index (κ3) is 3.29. The first-order valence-corrected chi connectivity index (χ1v) is 8.90. The second-order valence-electron chi connectivity index (χ2n) is 8.17. The molecule has 0 bridgehead atoms. The van der Waals surface area contributed by atoms with Crippen LogP contribution in [0, 0.1) is 5.41 Å². The molecule has 0 unspecified atom stereocenters. The maximum atomic E-state index is 4.76. The highest BCUT2D eigenvalue weighted by Crippen LogP contribution is 2.34. The van der Waals surface area contributed by atoms with Gasteiger partial charge in [0.2, 0.25) is 0 Å². The Morgan fingerprint density at radius 1 is 1.14 bits per heavy atom. The lowest BCUT2D eigenvalue weighted by molar-refractivity contribution is 0.260. The van der Waals surface area contributed by atoms with Gasteiger partial charge in [0.05, 0.1) is 0 Å². The summed E-state index contributed by atoms with van der Waals surface area (Å²) in [4.78, 5) is 9.91. The SMILES string of the molecule is C[C@H](c1ccc(N2CC[C@H](N3CCCC3)C2)nc1)C(C)(C)C. The Kier molecular flexibility index (Phi) is 4.44. The van der Waals surface area contributed by atoms with Crippen molar-refractivity contribution in [3.63, 3.8) is 0 Å². The summed E-state index contributed by atoms with van der Waals surface area (Å²) in [5.74, 6) is 1.69. The van der Waals surface area contributed by atoms with Gasteiger partial charge in [-0.05, 0) is 55.3 Å². The lowest BCUT2D eigenvalue weighted by atomic mass is 9.78. The smallest absolute Gasteiger partial charge is 0.128 e. The number of rotatable bonds is 3. The van der Waals surface area contributed by atoms with E-state index in [0.29, 0.717) is 5.92 Å². The van der Waals surface area contributed by atoms with Crippen LogP contribution in [0.2, 0.25) is 0 Å². The molecule has 122 valence electrons. The number of likely N-dealkylation sites (tertiary alicyclic amines) is 1. The fourth-order valence-corrected chi connectivity index (χ4v) is 3.70. The lowest BCUT2D eigenvalue weighted by Crippen LogP contribution is -2.35. The van der Waals surface area contributed by atoms with Crippen LogP contribution in [0.15, 0.2) is 18.3 Å². The normalized spacial score (nSPS) is 24.9. The molecule has 1 aromatic heterocycles. The van der Waals surface area contributed by atoms with Crippen LogP contribution >= 0.6 is 0 Å². The van der Waals surface area contributed by atoms with E-state index in [9.17, 15) is 0 Å². The van der Waals surface area contributed by atoms with Crippen LogP contribution in [0.5, 0.6) is 0 Å². The minimum Gasteiger partial charge on any atom is -0.355 e. The molecular formula is C19H31N3. The average molecular weight is 301 g/mol. The zero-order valence-corrected chi connectivity index (χ0v) is 14.7. The monoisotopic (exact) mass is 301 g/mol. The van der Waals surface area contributed by atoms with Gasteiger partial charge in [-0.1, -0.05) is 33.8 Å². The average Bonchev–Trinajstić information content (AvgIpc) is 3.16. The highest BCUT2D eigenvalue weighted by molar-refractivity contribution is 5.41. The molecule has 0 spiro atoms. The third-order valence-electron chi connectivity index (χ3n) is 5.71. The topological polar surface area (TPSA) is 19.4 Å². The van der Waals surface area contributed by atoms with E-state index in [1.165, 1.54) is 37.9 Å². The Morgan fingerprint density at radius 3 is 2.45 bits per heavy atom. The van der Waals surface area contributed by atoms with Crippen LogP contribution < -0.4 is 4.90 Å². The minimum absolute atomic E-state index is 0.289. The summed E-state index contributed by atoms with van der Waals surface area (Å²) in [5.41, 5.74) is 1.64. The molecule has 3 heterocycles. The van der Waals surface area contributed by atoms with Gasteiger partial charge >= 0.3 is 0 Å². The molecule has 2 aliphatic rings. The molecule has 22 heavy (non-hydrogen) atoms. The van der Waals surface area contributed by atoms with E-state index in [1.807, 2.05) is 0 Å². The molecule has 0 radical (unpaired) electrons. The van der Waals surface area contributed by atoms with Crippen molar-refractivity contribution in [3.8, 4) is 0 Å². The Morgan fingerprint density at radius 2 is 1.86 bits per heavy atom. The van der Waals surface area contributed by atoms with Crippen molar-refractivity contribution in [1.82, 2.24) is 9.88 Å². The first-order valence-electron chi connectivity index (χ1n) is 8.90. The summed E-state index contributed by atoms with van der Waals surface area (Å²) in [6, 6.07) is 5.25. The van der Waals surface area contributed by atoms with Crippen molar-refractivity contribution in [2.45, 2.75) is 58.9 Å². The largest absolute Gasteiger partial charge is 0.355 e. The zero-order chi connectivity index (χ0) is 15.7. The minimum atomic E-state index is 0.289. The predicted molar refractivity (Wildman–Crippen MR) is 93.5 cm³/mol. The van der Waals surface area contributed by atoms with Crippen LogP contribution in [-0.2, 0) is 0 Å². The van der Waals surface area contributed by atoms with Crippen molar-refractivity contribution >= 4 is 5.82 Å². The molecule has 2 atom stereocenters. The van der Waals surface area contributed by atoms with E-state index in [-0.39, 0.29) is 5.41 Å². The van der Waals surface area contributed by atoms with Gasteiger partial charge in [0.1, 0.15) is 5.82 Å². The Hall–Kier alpha value is -1.09. The summed E-state index contributed by atoms with van der Waals surface area (Å²) in [6.07, 6.45) is 6.15. The molecule has 3 rings (SSSR count). The lowest BCUT2D eigenvalue weighted by Gasteiger charge is -2.28. The first-order chi connectivity index (χ1) is 10.4. The molecule has 3 nitrogen and oxygen atoms in total. The number of pyridine rings is 1. The summed E-state index contributed by atoms with van der Waals surface area (Å²) in [6.45, 7) is 14.1. The fourth-order valence-electron chi connectivity index (χ4n) is 3.70. The summed E-state index contributed by atoms with van der Waals surface area (Å²) < 4.78 is 0. The number of nitrogens with zero attached hydrogens (tertiary/aromatic N) is 3. The zero-order valence-electron chi connectivity index (χ0n) is 14.7. The van der Waals surface area contributed by atoms with E-state index in [0.717, 1.165) is 24.9 Å². The highest BCUT2D eigenvalue weighted by atomic mass is 15.3. The summed E-state index contributed by atoms with van der Waals surface area (Å²) in [7, 11) is 0. The second kappa shape index (κ2) is 6.19. The van der Waals surface area contributed by atoms with E-state index >= 15 is 0 Å². The van der Waals surface area contributed by atoms with Crippen LogP contribution in [0.1, 0.15) is 58.4 Å². The summed E-state index contributed by atoms with van der Waals surface area (Å²) >= 11 is 0. The van der Waals surface area contributed by atoms with Gasteiger partial charge in [-0.2, -0.15) is 0 Å². The van der Waals surface area contributed by atoms with E-state index in [4.69, 9.17) is 4.98 Å².